The van der Waals surface area contributed by atoms with Crippen molar-refractivity contribution >= 4 is 16.9 Å². The van der Waals surface area contributed by atoms with E-state index < -0.39 is 5.97 Å². The number of carboxylic acids is 1. The minimum atomic E-state index is -0.972. The van der Waals surface area contributed by atoms with Crippen LogP contribution in [0.2, 0.25) is 0 Å². The van der Waals surface area contributed by atoms with E-state index in [1.807, 2.05) is 6.07 Å². The van der Waals surface area contributed by atoms with Crippen LogP contribution >= 0.6 is 0 Å². The zero-order valence-electron chi connectivity index (χ0n) is 17.4. The van der Waals surface area contributed by atoms with E-state index in [2.05, 4.69) is 0 Å². The van der Waals surface area contributed by atoms with E-state index in [0.29, 0.717) is 39.3 Å². The van der Waals surface area contributed by atoms with E-state index in [-0.39, 0.29) is 25.4 Å². The van der Waals surface area contributed by atoms with E-state index in [1.54, 1.807) is 54.8 Å². The molecular formula is C25H22FNO5. The molecule has 3 N–H and O–H groups in total. The number of carboxylic acid groups (broad SMARTS) is 1. The number of nitrogens with two attached hydrogens (primary N) is 1. The van der Waals surface area contributed by atoms with Crippen LogP contribution in [-0.4, -0.2) is 18.2 Å². The molecule has 1 aromatic heterocycles. The van der Waals surface area contributed by atoms with Crippen molar-refractivity contribution in [2.75, 3.05) is 7.11 Å². The Hall–Kier alpha value is -3.84. The van der Waals surface area contributed by atoms with Crippen molar-refractivity contribution in [1.29, 1.82) is 0 Å². The summed E-state index contributed by atoms with van der Waals surface area (Å²) in [7, 11) is 1.50. The van der Waals surface area contributed by atoms with Gasteiger partial charge in [-0.1, -0.05) is 30.3 Å². The number of para-hydroxylation sites is 1. The molecule has 0 amide bonds. The van der Waals surface area contributed by atoms with E-state index >= 15 is 4.39 Å². The average molecular weight is 435 g/mol. The van der Waals surface area contributed by atoms with Crippen LogP contribution in [0.4, 0.5) is 4.39 Å². The zero-order valence-corrected chi connectivity index (χ0v) is 17.4. The van der Waals surface area contributed by atoms with Gasteiger partial charge in [0.05, 0.1) is 19.8 Å². The van der Waals surface area contributed by atoms with Crippen molar-refractivity contribution in [3.05, 3.63) is 83.4 Å². The summed E-state index contributed by atoms with van der Waals surface area (Å²) in [6.45, 7) is 0.212. The van der Waals surface area contributed by atoms with Gasteiger partial charge in [-0.3, -0.25) is 4.79 Å². The lowest BCUT2D eigenvalue weighted by atomic mass is 9.98. The van der Waals surface area contributed by atoms with Crippen LogP contribution in [0.25, 0.3) is 22.1 Å². The van der Waals surface area contributed by atoms with Crippen molar-refractivity contribution in [1.82, 2.24) is 0 Å². The minimum absolute atomic E-state index is 0.0872. The quantitative estimate of drug-likeness (QED) is 0.408. The summed E-state index contributed by atoms with van der Waals surface area (Å²) >= 11 is 0. The predicted molar refractivity (Wildman–Crippen MR) is 118 cm³/mol. The molecule has 0 saturated heterocycles. The van der Waals surface area contributed by atoms with Crippen LogP contribution in [0, 0.1) is 5.82 Å². The fraction of sp³-hybridized carbons (Fsp3) is 0.160. The van der Waals surface area contributed by atoms with Gasteiger partial charge in [0.15, 0.2) is 11.5 Å². The first-order valence-electron chi connectivity index (χ1n) is 10.00. The second-order valence-corrected chi connectivity index (χ2v) is 7.27. The Morgan fingerprint density at radius 2 is 1.88 bits per heavy atom. The Bertz CT molecular complexity index is 1280. The van der Waals surface area contributed by atoms with Crippen molar-refractivity contribution in [2.24, 2.45) is 5.73 Å². The number of rotatable bonds is 8. The Labute approximate surface area is 184 Å². The zero-order chi connectivity index (χ0) is 22.7. The Morgan fingerprint density at radius 1 is 1.09 bits per heavy atom. The number of hydrogen-bond acceptors (Lipinski definition) is 5. The third-order valence-electron chi connectivity index (χ3n) is 5.20. The van der Waals surface area contributed by atoms with Crippen LogP contribution in [0.1, 0.15) is 16.7 Å². The highest BCUT2D eigenvalue weighted by Crippen LogP contribution is 2.36. The number of ether oxygens (including phenoxy) is 2. The molecule has 0 atom stereocenters. The van der Waals surface area contributed by atoms with Gasteiger partial charge in [0.25, 0.3) is 0 Å². The van der Waals surface area contributed by atoms with Gasteiger partial charge in [-0.05, 0) is 29.8 Å². The molecule has 0 unspecified atom stereocenters. The number of hydrogen-bond donors (Lipinski definition) is 2. The molecule has 0 aliphatic heterocycles. The molecule has 32 heavy (non-hydrogen) atoms. The maximum atomic E-state index is 15.0. The van der Waals surface area contributed by atoms with Crippen molar-refractivity contribution in [3.8, 4) is 22.6 Å². The fourth-order valence-corrected chi connectivity index (χ4v) is 3.72. The highest BCUT2D eigenvalue weighted by Gasteiger charge is 2.17. The van der Waals surface area contributed by atoms with Gasteiger partial charge < -0.3 is 24.7 Å². The summed E-state index contributed by atoms with van der Waals surface area (Å²) in [6.07, 6.45) is 1.35. The van der Waals surface area contributed by atoms with Crippen LogP contribution < -0.4 is 15.2 Å². The normalized spacial score (nSPS) is 11.0. The average Bonchev–Trinajstić information content (AvgIpc) is 3.26. The van der Waals surface area contributed by atoms with E-state index in [1.165, 1.54) is 7.11 Å². The highest BCUT2D eigenvalue weighted by molar-refractivity contribution is 5.93. The van der Waals surface area contributed by atoms with Crippen LogP contribution in [0.5, 0.6) is 11.5 Å². The number of furan rings is 1. The second kappa shape index (κ2) is 9.11. The third-order valence-corrected chi connectivity index (χ3v) is 5.20. The van der Waals surface area contributed by atoms with Crippen LogP contribution in [0.15, 0.2) is 65.3 Å². The van der Waals surface area contributed by atoms with E-state index in [0.717, 1.165) is 10.9 Å². The summed E-state index contributed by atoms with van der Waals surface area (Å²) in [4.78, 5) is 11.2. The molecule has 3 aromatic carbocycles. The predicted octanol–water partition coefficient (Wildman–Crippen LogP) is 4.91. The number of methoxy groups -OCH3 is 1. The largest absolute Gasteiger partial charge is 0.493 e. The minimum Gasteiger partial charge on any atom is -0.493 e. The summed E-state index contributed by atoms with van der Waals surface area (Å²) in [5, 5.41) is 10.0. The van der Waals surface area contributed by atoms with Gasteiger partial charge in [0.2, 0.25) is 0 Å². The van der Waals surface area contributed by atoms with Gasteiger partial charge in [0.1, 0.15) is 18.0 Å². The second-order valence-electron chi connectivity index (χ2n) is 7.27. The maximum absolute atomic E-state index is 15.0. The number of fused-ring (bicyclic) bond motifs is 1. The first-order valence-corrected chi connectivity index (χ1v) is 10.00. The highest BCUT2D eigenvalue weighted by atomic mass is 19.1. The summed E-state index contributed by atoms with van der Waals surface area (Å²) in [6, 6.07) is 15.7. The molecule has 0 radical (unpaired) electrons. The Morgan fingerprint density at radius 3 is 2.62 bits per heavy atom. The molecule has 0 bridgehead atoms. The van der Waals surface area contributed by atoms with E-state index in [9.17, 15) is 9.90 Å². The molecule has 164 valence electrons. The van der Waals surface area contributed by atoms with Crippen molar-refractivity contribution < 1.29 is 28.2 Å². The third kappa shape index (κ3) is 4.15. The maximum Gasteiger partial charge on any atom is 0.307 e. The summed E-state index contributed by atoms with van der Waals surface area (Å²) < 4.78 is 32.0. The molecule has 0 spiro atoms. The van der Waals surface area contributed by atoms with Gasteiger partial charge in [-0.25, -0.2) is 4.39 Å². The van der Waals surface area contributed by atoms with E-state index in [4.69, 9.17) is 19.6 Å². The lowest BCUT2D eigenvalue weighted by molar-refractivity contribution is -0.136. The lowest BCUT2D eigenvalue weighted by Crippen LogP contribution is -2.06. The number of aliphatic carboxylic acids is 1. The fourth-order valence-electron chi connectivity index (χ4n) is 3.72. The van der Waals surface area contributed by atoms with Gasteiger partial charge in [0, 0.05) is 34.2 Å². The number of carbonyl (C=O) groups is 1. The molecule has 0 aliphatic rings. The molecule has 0 saturated carbocycles. The van der Waals surface area contributed by atoms with Crippen LogP contribution in [0.3, 0.4) is 0 Å². The molecule has 6 nitrogen and oxygen atoms in total. The molecule has 0 fully saturated rings. The molecule has 0 aliphatic carbocycles. The molecule has 4 aromatic rings. The molecule has 4 rings (SSSR count). The summed E-state index contributed by atoms with van der Waals surface area (Å²) in [5.41, 5.74) is 8.89. The lowest BCUT2D eigenvalue weighted by Gasteiger charge is -2.15. The smallest absolute Gasteiger partial charge is 0.307 e. The number of halogens is 1. The SMILES string of the molecule is COc1cccc(CC(=O)O)c1OCc1cc(-c2cccc(CN)c2F)c2occc2c1. The molecule has 7 heteroatoms. The molecular weight excluding hydrogens is 413 g/mol. The monoisotopic (exact) mass is 435 g/mol. The standard InChI is InChI=1S/C25H22FNO5/c1-30-21-7-3-4-16(12-22(28)29)25(21)32-14-15-10-17-8-9-31-24(17)20(11-15)19-6-2-5-18(13-27)23(19)26/h2-11H,12-14,27H2,1H3,(H,28,29). The van der Waals surface area contributed by atoms with Crippen LogP contribution in [-0.2, 0) is 24.4 Å². The number of benzene rings is 3. The van der Waals surface area contributed by atoms with Crippen molar-refractivity contribution in [3.63, 3.8) is 0 Å². The first kappa shape index (κ1) is 21.4. The molecule has 1 heterocycles. The Balaban J connectivity index is 1.73. The summed E-state index contributed by atoms with van der Waals surface area (Å²) in [5.74, 6) is -0.558. The van der Waals surface area contributed by atoms with Crippen molar-refractivity contribution in [2.45, 2.75) is 19.6 Å². The first-order chi connectivity index (χ1) is 15.5. The Kier molecular flexibility index (Phi) is 6.09. The van der Waals surface area contributed by atoms with Gasteiger partial charge >= 0.3 is 5.97 Å². The van der Waals surface area contributed by atoms with Gasteiger partial charge in [-0.15, -0.1) is 0 Å². The topological polar surface area (TPSA) is 94.9 Å². The van der Waals surface area contributed by atoms with Gasteiger partial charge in [-0.2, -0.15) is 0 Å².